The molecule has 0 radical (unpaired) electrons. The Morgan fingerprint density at radius 2 is 2.19 bits per heavy atom. The Morgan fingerprint density at radius 3 is 2.88 bits per heavy atom. The monoisotopic (exact) mass is 220 g/mol. The van der Waals surface area contributed by atoms with Crippen molar-refractivity contribution in [2.24, 2.45) is 0 Å². The quantitative estimate of drug-likeness (QED) is 0.778. The van der Waals surface area contributed by atoms with E-state index in [-0.39, 0.29) is 0 Å². The van der Waals surface area contributed by atoms with Crippen molar-refractivity contribution in [3.8, 4) is 0 Å². The van der Waals surface area contributed by atoms with Crippen LogP contribution in [-0.2, 0) is 13.0 Å². The first-order valence-electron chi connectivity index (χ1n) is 5.97. The van der Waals surface area contributed by atoms with Crippen LogP contribution in [0.25, 0.3) is 0 Å². The standard InChI is InChI=1S/C13H20N2O/c1-10(14(2)3)9-15-8-7-11-12(15)5-4-6-13(11)16/h7-8,10H,4-6,9H2,1-3H3. The van der Waals surface area contributed by atoms with E-state index >= 15 is 0 Å². The lowest BCUT2D eigenvalue weighted by Crippen LogP contribution is -2.30. The van der Waals surface area contributed by atoms with Crippen LogP contribution in [0.2, 0.25) is 0 Å². The second-order valence-corrected chi connectivity index (χ2v) is 4.92. The number of aromatic nitrogens is 1. The minimum atomic E-state index is 0.317. The van der Waals surface area contributed by atoms with Gasteiger partial charge in [0.1, 0.15) is 0 Å². The maximum absolute atomic E-state index is 11.7. The first-order chi connectivity index (χ1) is 7.59. The first-order valence-corrected chi connectivity index (χ1v) is 5.97. The molecule has 0 bridgehead atoms. The number of Topliss-reactive ketones (excluding diaryl/α,β-unsaturated/α-hetero) is 1. The molecular formula is C13H20N2O. The molecule has 16 heavy (non-hydrogen) atoms. The van der Waals surface area contributed by atoms with Crippen molar-refractivity contribution in [2.45, 2.75) is 38.8 Å². The molecule has 0 saturated heterocycles. The Bertz CT molecular complexity index is 393. The molecule has 1 aliphatic rings. The van der Waals surface area contributed by atoms with Gasteiger partial charge in [0.25, 0.3) is 0 Å². The van der Waals surface area contributed by atoms with Crippen molar-refractivity contribution in [3.05, 3.63) is 23.5 Å². The van der Waals surface area contributed by atoms with Crippen LogP contribution in [0.3, 0.4) is 0 Å². The van der Waals surface area contributed by atoms with E-state index in [1.54, 1.807) is 0 Å². The highest BCUT2D eigenvalue weighted by molar-refractivity contribution is 5.98. The summed E-state index contributed by atoms with van der Waals surface area (Å²) in [4.78, 5) is 13.9. The maximum atomic E-state index is 11.7. The van der Waals surface area contributed by atoms with Crippen LogP contribution >= 0.6 is 0 Å². The molecule has 0 fully saturated rings. The van der Waals surface area contributed by atoms with Crippen molar-refractivity contribution in [1.82, 2.24) is 9.47 Å². The average molecular weight is 220 g/mol. The smallest absolute Gasteiger partial charge is 0.164 e. The molecular weight excluding hydrogens is 200 g/mol. The van der Waals surface area contributed by atoms with E-state index in [4.69, 9.17) is 0 Å². The fourth-order valence-corrected chi connectivity index (χ4v) is 2.21. The molecule has 1 unspecified atom stereocenters. The van der Waals surface area contributed by atoms with Crippen molar-refractivity contribution in [1.29, 1.82) is 0 Å². The molecule has 3 heteroatoms. The SMILES string of the molecule is CC(Cn1ccc2c1CCCC2=O)N(C)C. The predicted molar refractivity (Wildman–Crippen MR) is 64.8 cm³/mol. The molecule has 1 atom stereocenters. The lowest BCUT2D eigenvalue weighted by Gasteiger charge is -2.23. The molecule has 1 aromatic heterocycles. The Kier molecular flexibility index (Phi) is 3.15. The van der Waals surface area contributed by atoms with Gasteiger partial charge in [0.15, 0.2) is 5.78 Å². The molecule has 88 valence electrons. The number of carbonyl (C=O) groups excluding carboxylic acids is 1. The van der Waals surface area contributed by atoms with Crippen LogP contribution in [0.1, 0.15) is 35.8 Å². The summed E-state index contributed by atoms with van der Waals surface area (Å²) in [5.74, 6) is 0.317. The number of rotatable bonds is 3. The van der Waals surface area contributed by atoms with Crippen molar-refractivity contribution < 1.29 is 4.79 Å². The zero-order valence-corrected chi connectivity index (χ0v) is 10.4. The first kappa shape index (κ1) is 11.4. The minimum Gasteiger partial charge on any atom is -0.349 e. The van der Waals surface area contributed by atoms with Gasteiger partial charge >= 0.3 is 0 Å². The molecule has 0 spiro atoms. The van der Waals surface area contributed by atoms with E-state index in [9.17, 15) is 4.79 Å². The largest absolute Gasteiger partial charge is 0.349 e. The fourth-order valence-electron chi connectivity index (χ4n) is 2.21. The average Bonchev–Trinajstić information content (AvgIpc) is 2.63. The van der Waals surface area contributed by atoms with Crippen LogP contribution in [-0.4, -0.2) is 35.4 Å². The molecule has 1 heterocycles. The van der Waals surface area contributed by atoms with E-state index in [1.807, 2.05) is 6.07 Å². The van der Waals surface area contributed by atoms with Gasteiger partial charge in [-0.25, -0.2) is 0 Å². The van der Waals surface area contributed by atoms with Gasteiger partial charge in [0.05, 0.1) is 0 Å². The van der Waals surface area contributed by atoms with Gasteiger partial charge in [0.2, 0.25) is 0 Å². The third kappa shape index (κ3) is 2.05. The van der Waals surface area contributed by atoms with Crippen molar-refractivity contribution >= 4 is 5.78 Å². The normalized spacial score (nSPS) is 17.6. The van der Waals surface area contributed by atoms with Gasteiger partial charge in [-0.2, -0.15) is 0 Å². The summed E-state index contributed by atoms with van der Waals surface area (Å²) in [5.41, 5.74) is 2.20. The van der Waals surface area contributed by atoms with Crippen LogP contribution in [0.4, 0.5) is 0 Å². The van der Waals surface area contributed by atoms with Crippen LogP contribution in [0.5, 0.6) is 0 Å². The van der Waals surface area contributed by atoms with Crippen LogP contribution in [0, 0.1) is 0 Å². The summed E-state index contributed by atoms with van der Waals surface area (Å²) >= 11 is 0. The second-order valence-electron chi connectivity index (χ2n) is 4.92. The summed E-state index contributed by atoms with van der Waals surface area (Å²) in [6.07, 6.45) is 4.84. The number of ketones is 1. The Labute approximate surface area is 97.1 Å². The van der Waals surface area contributed by atoms with E-state index < -0.39 is 0 Å². The van der Waals surface area contributed by atoms with Crippen LogP contribution in [0.15, 0.2) is 12.3 Å². The van der Waals surface area contributed by atoms with E-state index in [1.165, 1.54) is 5.69 Å². The second kappa shape index (κ2) is 4.42. The lowest BCUT2D eigenvalue weighted by atomic mass is 9.97. The number of fused-ring (bicyclic) bond motifs is 1. The third-order valence-corrected chi connectivity index (χ3v) is 3.54. The number of nitrogens with zero attached hydrogens (tertiary/aromatic N) is 2. The highest BCUT2D eigenvalue weighted by Crippen LogP contribution is 2.22. The van der Waals surface area contributed by atoms with E-state index in [0.29, 0.717) is 11.8 Å². The zero-order chi connectivity index (χ0) is 11.7. The molecule has 0 saturated carbocycles. The topological polar surface area (TPSA) is 25.2 Å². The number of hydrogen-bond donors (Lipinski definition) is 0. The number of hydrogen-bond acceptors (Lipinski definition) is 2. The summed E-state index contributed by atoms with van der Waals surface area (Å²) in [7, 11) is 4.18. The Hall–Kier alpha value is -1.09. The van der Waals surface area contributed by atoms with Crippen molar-refractivity contribution in [2.75, 3.05) is 14.1 Å². The third-order valence-electron chi connectivity index (χ3n) is 3.54. The summed E-state index contributed by atoms with van der Waals surface area (Å²) < 4.78 is 2.25. The molecule has 3 nitrogen and oxygen atoms in total. The molecule has 0 aliphatic heterocycles. The number of likely N-dealkylation sites (N-methyl/N-ethyl adjacent to an activating group) is 1. The molecule has 1 aliphatic carbocycles. The Balaban J connectivity index is 2.20. The van der Waals surface area contributed by atoms with E-state index in [0.717, 1.165) is 31.4 Å². The highest BCUT2D eigenvalue weighted by Gasteiger charge is 2.21. The molecule has 0 aromatic carbocycles. The van der Waals surface area contributed by atoms with Gasteiger partial charge in [-0.3, -0.25) is 4.79 Å². The maximum Gasteiger partial charge on any atom is 0.164 e. The predicted octanol–water partition coefficient (Wildman–Crippen LogP) is 1.96. The molecule has 0 amide bonds. The van der Waals surface area contributed by atoms with Crippen molar-refractivity contribution in [3.63, 3.8) is 0 Å². The fraction of sp³-hybridized carbons (Fsp3) is 0.615. The molecule has 2 rings (SSSR count). The van der Waals surface area contributed by atoms with Gasteiger partial charge in [-0.05, 0) is 39.9 Å². The molecule has 0 N–H and O–H groups in total. The number of carbonyl (C=O) groups is 1. The van der Waals surface area contributed by atoms with Gasteiger partial charge in [0, 0.05) is 36.5 Å². The molecule has 1 aromatic rings. The minimum absolute atomic E-state index is 0.317. The van der Waals surface area contributed by atoms with Gasteiger partial charge < -0.3 is 9.47 Å². The highest BCUT2D eigenvalue weighted by atomic mass is 16.1. The zero-order valence-electron chi connectivity index (χ0n) is 10.4. The van der Waals surface area contributed by atoms with Gasteiger partial charge in [-0.1, -0.05) is 0 Å². The lowest BCUT2D eigenvalue weighted by molar-refractivity contribution is 0.0971. The van der Waals surface area contributed by atoms with Crippen LogP contribution < -0.4 is 0 Å². The summed E-state index contributed by atoms with van der Waals surface area (Å²) in [5, 5.41) is 0. The van der Waals surface area contributed by atoms with Gasteiger partial charge in [-0.15, -0.1) is 0 Å². The summed E-state index contributed by atoms with van der Waals surface area (Å²) in [6.45, 7) is 3.17. The summed E-state index contributed by atoms with van der Waals surface area (Å²) in [6, 6.07) is 2.48. The Morgan fingerprint density at radius 1 is 1.44 bits per heavy atom. The van der Waals surface area contributed by atoms with E-state index in [2.05, 4.69) is 36.7 Å².